The van der Waals surface area contributed by atoms with Crippen LogP contribution in [0.25, 0.3) is 0 Å². The molecule has 0 aromatic heterocycles. The molecule has 1 aliphatic rings. The van der Waals surface area contributed by atoms with Crippen LogP contribution in [0, 0.1) is 3.57 Å². The fraction of sp³-hybridized carbons (Fsp3) is 0.400. The first kappa shape index (κ1) is 17.9. The van der Waals surface area contributed by atoms with E-state index in [2.05, 4.69) is 0 Å². The number of carbonyl (C=O) groups excluding carboxylic acids is 1. The lowest BCUT2D eigenvalue weighted by Crippen LogP contribution is -2.42. The molecule has 23 heavy (non-hydrogen) atoms. The molecule has 0 saturated carbocycles. The molecular formula is C15H15F3INO3. The number of hydrogen-bond acceptors (Lipinski definition) is 3. The van der Waals surface area contributed by atoms with Crippen molar-refractivity contribution in [2.24, 2.45) is 0 Å². The number of benzene rings is 1. The number of nitrogens with zero attached hydrogens (tertiary/aromatic N) is 1. The Morgan fingerprint density at radius 1 is 1.43 bits per heavy atom. The zero-order valence-electron chi connectivity index (χ0n) is 12.3. The van der Waals surface area contributed by atoms with E-state index in [4.69, 9.17) is 9.47 Å². The van der Waals surface area contributed by atoms with Crippen LogP contribution in [-0.2, 0) is 10.9 Å². The molecule has 1 unspecified atom stereocenters. The van der Waals surface area contributed by atoms with Crippen molar-refractivity contribution in [3.8, 4) is 5.75 Å². The lowest BCUT2D eigenvalue weighted by atomic mass is 10.2. The molecule has 0 bridgehead atoms. The Balaban J connectivity index is 2.11. The van der Waals surface area contributed by atoms with E-state index in [1.807, 2.05) is 22.6 Å². The smallest absolute Gasteiger partial charge is 0.416 e. The summed E-state index contributed by atoms with van der Waals surface area (Å²) < 4.78 is 49.5. The molecular weight excluding hydrogens is 426 g/mol. The average molecular weight is 441 g/mol. The highest BCUT2D eigenvalue weighted by molar-refractivity contribution is 14.1. The van der Waals surface area contributed by atoms with Gasteiger partial charge in [0.15, 0.2) is 0 Å². The van der Waals surface area contributed by atoms with Crippen molar-refractivity contribution in [1.82, 2.24) is 4.90 Å². The number of hydrogen-bond donors (Lipinski definition) is 0. The van der Waals surface area contributed by atoms with Crippen LogP contribution < -0.4 is 4.74 Å². The zero-order valence-corrected chi connectivity index (χ0v) is 14.4. The summed E-state index contributed by atoms with van der Waals surface area (Å²) in [5, 5.41) is 0. The molecule has 1 atom stereocenters. The predicted octanol–water partition coefficient (Wildman–Crippen LogP) is 4.09. The van der Waals surface area contributed by atoms with Crippen LogP contribution in [0.15, 0.2) is 30.4 Å². The normalized spacial score (nSPS) is 18.0. The Hall–Kier alpha value is -1.45. The van der Waals surface area contributed by atoms with Gasteiger partial charge in [0.05, 0.1) is 22.3 Å². The van der Waals surface area contributed by atoms with Gasteiger partial charge in [0, 0.05) is 6.54 Å². The van der Waals surface area contributed by atoms with Crippen molar-refractivity contribution in [3.63, 3.8) is 0 Å². The Kier molecular flexibility index (Phi) is 5.77. The van der Waals surface area contributed by atoms with E-state index in [-0.39, 0.29) is 18.9 Å². The second kappa shape index (κ2) is 7.41. The molecule has 1 aromatic rings. The average Bonchev–Trinajstić information content (AvgIpc) is 2.49. The van der Waals surface area contributed by atoms with Gasteiger partial charge >= 0.3 is 12.3 Å². The van der Waals surface area contributed by atoms with Crippen LogP contribution in [0.4, 0.5) is 18.0 Å². The highest BCUT2D eigenvalue weighted by Gasteiger charge is 2.31. The summed E-state index contributed by atoms with van der Waals surface area (Å²) in [5.41, 5.74) is -0.769. The van der Waals surface area contributed by atoms with Crippen molar-refractivity contribution in [2.45, 2.75) is 19.2 Å². The minimum absolute atomic E-state index is 0.140. The van der Waals surface area contributed by atoms with E-state index < -0.39 is 23.9 Å². The SMILES string of the molecule is CCOC(=O)N1CC=CC(Oc2cc(C(F)(F)F)ccc2I)C1. The van der Waals surface area contributed by atoms with Crippen LogP contribution in [0.3, 0.4) is 0 Å². The van der Waals surface area contributed by atoms with E-state index in [1.54, 1.807) is 19.1 Å². The van der Waals surface area contributed by atoms with Crippen molar-refractivity contribution < 1.29 is 27.4 Å². The molecule has 1 amide bonds. The fourth-order valence-electron chi connectivity index (χ4n) is 2.07. The van der Waals surface area contributed by atoms with E-state index in [0.717, 1.165) is 12.1 Å². The maximum absolute atomic E-state index is 12.8. The van der Waals surface area contributed by atoms with Crippen LogP contribution in [0.2, 0.25) is 0 Å². The predicted molar refractivity (Wildman–Crippen MR) is 86.3 cm³/mol. The summed E-state index contributed by atoms with van der Waals surface area (Å²) in [6, 6.07) is 3.34. The van der Waals surface area contributed by atoms with Crippen LogP contribution in [0.1, 0.15) is 12.5 Å². The lowest BCUT2D eigenvalue weighted by molar-refractivity contribution is -0.137. The molecule has 0 N–H and O–H groups in total. The maximum atomic E-state index is 12.8. The number of alkyl halides is 3. The topological polar surface area (TPSA) is 38.8 Å². The Bertz CT molecular complexity index is 604. The fourth-order valence-corrected chi connectivity index (χ4v) is 2.53. The Labute approximate surface area is 145 Å². The van der Waals surface area contributed by atoms with Gasteiger partial charge < -0.3 is 14.4 Å². The van der Waals surface area contributed by atoms with Gasteiger partial charge in [0.1, 0.15) is 11.9 Å². The van der Waals surface area contributed by atoms with E-state index in [1.165, 1.54) is 11.0 Å². The number of halogens is 4. The Morgan fingerprint density at radius 2 is 2.17 bits per heavy atom. The van der Waals surface area contributed by atoms with Crippen LogP contribution in [0.5, 0.6) is 5.75 Å². The first-order valence-electron chi connectivity index (χ1n) is 6.93. The number of carbonyl (C=O) groups is 1. The summed E-state index contributed by atoms with van der Waals surface area (Å²) in [6.45, 7) is 2.58. The summed E-state index contributed by atoms with van der Waals surface area (Å²) in [7, 11) is 0. The second-order valence-electron chi connectivity index (χ2n) is 4.83. The molecule has 2 rings (SSSR count). The third-order valence-electron chi connectivity index (χ3n) is 3.14. The lowest BCUT2D eigenvalue weighted by Gasteiger charge is -2.28. The van der Waals surface area contributed by atoms with Crippen molar-refractivity contribution >= 4 is 28.7 Å². The minimum Gasteiger partial charge on any atom is -0.483 e. The van der Waals surface area contributed by atoms with E-state index in [9.17, 15) is 18.0 Å². The standard InChI is InChI=1S/C15H15F3INO3/c1-2-22-14(21)20-7-3-4-11(9-20)23-13-8-10(15(16,17)18)5-6-12(13)19/h3-6,8,11H,2,7,9H2,1H3. The first-order chi connectivity index (χ1) is 10.8. The number of ether oxygens (including phenoxy) is 2. The molecule has 1 heterocycles. The Morgan fingerprint density at radius 3 is 2.83 bits per heavy atom. The van der Waals surface area contributed by atoms with Gasteiger partial charge in [-0.2, -0.15) is 13.2 Å². The van der Waals surface area contributed by atoms with Crippen molar-refractivity contribution in [1.29, 1.82) is 0 Å². The van der Waals surface area contributed by atoms with Gasteiger partial charge in [-0.25, -0.2) is 4.79 Å². The molecule has 8 heteroatoms. The summed E-state index contributed by atoms with van der Waals surface area (Å²) in [5.74, 6) is 0.140. The third-order valence-corrected chi connectivity index (χ3v) is 4.03. The van der Waals surface area contributed by atoms with Gasteiger partial charge in [-0.15, -0.1) is 0 Å². The zero-order chi connectivity index (χ0) is 17.0. The largest absolute Gasteiger partial charge is 0.483 e. The number of amides is 1. The highest BCUT2D eigenvalue weighted by atomic mass is 127. The van der Waals surface area contributed by atoms with E-state index >= 15 is 0 Å². The van der Waals surface area contributed by atoms with E-state index in [0.29, 0.717) is 10.1 Å². The summed E-state index contributed by atoms with van der Waals surface area (Å²) >= 11 is 1.91. The molecule has 4 nitrogen and oxygen atoms in total. The minimum atomic E-state index is -4.43. The summed E-state index contributed by atoms with van der Waals surface area (Å²) in [6.07, 6.45) is -1.96. The van der Waals surface area contributed by atoms with Gasteiger partial charge in [-0.05, 0) is 53.8 Å². The van der Waals surface area contributed by atoms with Gasteiger partial charge in [0.25, 0.3) is 0 Å². The van der Waals surface area contributed by atoms with Crippen molar-refractivity contribution in [3.05, 3.63) is 39.5 Å². The molecule has 0 radical (unpaired) electrons. The molecule has 0 spiro atoms. The number of rotatable bonds is 3. The third kappa shape index (κ3) is 4.76. The second-order valence-corrected chi connectivity index (χ2v) is 5.99. The van der Waals surface area contributed by atoms with Gasteiger partial charge in [-0.3, -0.25) is 0 Å². The maximum Gasteiger partial charge on any atom is 0.416 e. The monoisotopic (exact) mass is 441 g/mol. The molecule has 1 aromatic carbocycles. The molecule has 0 saturated heterocycles. The van der Waals surface area contributed by atoms with Crippen LogP contribution >= 0.6 is 22.6 Å². The first-order valence-corrected chi connectivity index (χ1v) is 8.01. The van der Waals surface area contributed by atoms with Gasteiger partial charge in [-0.1, -0.05) is 6.08 Å². The molecule has 1 aliphatic heterocycles. The molecule has 0 fully saturated rings. The molecule has 0 aliphatic carbocycles. The highest BCUT2D eigenvalue weighted by Crippen LogP contribution is 2.34. The molecule has 126 valence electrons. The van der Waals surface area contributed by atoms with Crippen molar-refractivity contribution in [2.75, 3.05) is 19.7 Å². The van der Waals surface area contributed by atoms with Gasteiger partial charge in [0.2, 0.25) is 0 Å². The summed E-state index contributed by atoms with van der Waals surface area (Å²) in [4.78, 5) is 13.2. The van der Waals surface area contributed by atoms with Crippen LogP contribution in [-0.4, -0.2) is 36.8 Å². The quantitative estimate of drug-likeness (QED) is 0.524.